The Labute approximate surface area is 89.0 Å². The third-order valence-corrected chi connectivity index (χ3v) is 2.89. The van der Waals surface area contributed by atoms with Crippen molar-refractivity contribution < 1.29 is 4.74 Å². The van der Waals surface area contributed by atoms with Crippen LogP contribution in [0.25, 0.3) is 0 Å². The van der Waals surface area contributed by atoms with Crippen LogP contribution in [0.1, 0.15) is 12.0 Å². The van der Waals surface area contributed by atoms with Crippen LogP contribution < -0.4 is 10.5 Å². The van der Waals surface area contributed by atoms with Gasteiger partial charge in [0.05, 0.1) is 11.6 Å². The minimum absolute atomic E-state index is 0.547. The molecule has 1 aromatic carbocycles. The minimum Gasteiger partial charge on any atom is -0.491 e. The summed E-state index contributed by atoms with van der Waals surface area (Å²) in [6.07, 6.45) is 2.05. The highest BCUT2D eigenvalue weighted by Gasteiger charge is 2.20. The average Bonchev–Trinajstić information content (AvgIpc) is 2.18. The van der Waals surface area contributed by atoms with Gasteiger partial charge in [-0.25, -0.2) is 0 Å². The first kappa shape index (κ1) is 9.81. The third kappa shape index (κ3) is 1.86. The van der Waals surface area contributed by atoms with Gasteiger partial charge in [0.25, 0.3) is 0 Å². The molecule has 3 heteroatoms. The zero-order valence-corrected chi connectivity index (χ0v) is 8.76. The van der Waals surface area contributed by atoms with Crippen molar-refractivity contribution in [3.8, 4) is 5.75 Å². The van der Waals surface area contributed by atoms with E-state index in [4.69, 9.17) is 22.1 Å². The molecule has 1 aromatic rings. The second kappa shape index (κ2) is 4.20. The van der Waals surface area contributed by atoms with Gasteiger partial charge in [0.15, 0.2) is 0 Å². The first-order chi connectivity index (χ1) is 6.81. The van der Waals surface area contributed by atoms with Crippen LogP contribution in [-0.4, -0.2) is 13.2 Å². The summed E-state index contributed by atoms with van der Waals surface area (Å²) in [5.41, 5.74) is 6.74. The van der Waals surface area contributed by atoms with Crippen molar-refractivity contribution in [2.75, 3.05) is 13.2 Å². The molecule has 1 heterocycles. The van der Waals surface area contributed by atoms with E-state index < -0.39 is 0 Å². The predicted molar refractivity (Wildman–Crippen MR) is 57.8 cm³/mol. The Bertz CT molecular complexity index is 327. The highest BCUT2D eigenvalue weighted by molar-refractivity contribution is 6.32. The molecule has 0 saturated carbocycles. The largest absolute Gasteiger partial charge is 0.491 e. The van der Waals surface area contributed by atoms with Gasteiger partial charge >= 0.3 is 0 Å². The molecule has 76 valence electrons. The molecule has 0 aromatic heterocycles. The SMILES string of the molecule is NCCC1COc2c(Cl)cccc2C1. The first-order valence-electron chi connectivity index (χ1n) is 4.91. The second-order valence-corrected chi connectivity index (χ2v) is 4.09. The number of nitrogens with two attached hydrogens (primary N) is 1. The Kier molecular flexibility index (Phi) is 2.94. The van der Waals surface area contributed by atoms with Gasteiger partial charge in [-0.2, -0.15) is 0 Å². The van der Waals surface area contributed by atoms with Crippen molar-refractivity contribution >= 4 is 11.6 Å². The molecule has 0 saturated heterocycles. The number of ether oxygens (including phenoxy) is 1. The lowest BCUT2D eigenvalue weighted by molar-refractivity contribution is 0.216. The summed E-state index contributed by atoms with van der Waals surface area (Å²) in [6.45, 7) is 1.47. The summed E-state index contributed by atoms with van der Waals surface area (Å²) in [4.78, 5) is 0. The van der Waals surface area contributed by atoms with E-state index in [0.29, 0.717) is 10.9 Å². The molecule has 0 spiro atoms. The summed E-state index contributed by atoms with van der Waals surface area (Å²) in [6, 6.07) is 5.91. The molecular formula is C11H14ClNO. The minimum atomic E-state index is 0.547. The fraction of sp³-hybridized carbons (Fsp3) is 0.455. The Hall–Kier alpha value is -0.730. The Morgan fingerprint density at radius 3 is 3.14 bits per heavy atom. The lowest BCUT2D eigenvalue weighted by Gasteiger charge is -2.25. The van der Waals surface area contributed by atoms with Crippen LogP contribution in [0, 0.1) is 5.92 Å². The van der Waals surface area contributed by atoms with Crippen molar-refractivity contribution in [2.24, 2.45) is 11.7 Å². The van der Waals surface area contributed by atoms with Gasteiger partial charge in [-0.1, -0.05) is 23.7 Å². The molecule has 0 radical (unpaired) electrons. The molecule has 1 unspecified atom stereocenters. The van der Waals surface area contributed by atoms with Crippen molar-refractivity contribution in [2.45, 2.75) is 12.8 Å². The van der Waals surface area contributed by atoms with Crippen molar-refractivity contribution in [1.29, 1.82) is 0 Å². The average molecular weight is 212 g/mol. The van der Waals surface area contributed by atoms with E-state index in [1.54, 1.807) is 0 Å². The van der Waals surface area contributed by atoms with Gasteiger partial charge in [-0.15, -0.1) is 0 Å². The molecule has 0 amide bonds. The van der Waals surface area contributed by atoms with Crippen LogP contribution in [0.3, 0.4) is 0 Å². The Balaban J connectivity index is 2.18. The molecule has 0 bridgehead atoms. The summed E-state index contributed by atoms with van der Waals surface area (Å²) in [5.74, 6) is 1.41. The maximum atomic E-state index is 6.02. The van der Waals surface area contributed by atoms with E-state index in [0.717, 1.165) is 31.7 Å². The van der Waals surface area contributed by atoms with Gasteiger partial charge in [-0.05, 0) is 36.9 Å². The summed E-state index contributed by atoms with van der Waals surface area (Å²) >= 11 is 6.02. The molecule has 0 aliphatic carbocycles. The molecule has 2 rings (SSSR count). The monoisotopic (exact) mass is 211 g/mol. The van der Waals surface area contributed by atoms with E-state index in [-0.39, 0.29) is 0 Å². The lowest BCUT2D eigenvalue weighted by atomic mass is 9.94. The zero-order chi connectivity index (χ0) is 9.97. The highest BCUT2D eigenvalue weighted by Crippen LogP contribution is 2.34. The molecule has 1 aliphatic heterocycles. The molecule has 1 aliphatic rings. The molecule has 14 heavy (non-hydrogen) atoms. The number of hydrogen-bond acceptors (Lipinski definition) is 2. The van der Waals surface area contributed by atoms with E-state index in [1.165, 1.54) is 5.56 Å². The molecule has 2 nitrogen and oxygen atoms in total. The van der Waals surface area contributed by atoms with E-state index in [2.05, 4.69) is 6.07 Å². The molecular weight excluding hydrogens is 198 g/mol. The number of rotatable bonds is 2. The quantitative estimate of drug-likeness (QED) is 0.815. The van der Waals surface area contributed by atoms with Crippen molar-refractivity contribution in [1.82, 2.24) is 0 Å². The Morgan fingerprint density at radius 2 is 2.36 bits per heavy atom. The highest BCUT2D eigenvalue weighted by atomic mass is 35.5. The molecule has 1 atom stereocenters. The number of hydrogen-bond donors (Lipinski definition) is 1. The van der Waals surface area contributed by atoms with Crippen molar-refractivity contribution in [3.63, 3.8) is 0 Å². The van der Waals surface area contributed by atoms with Crippen molar-refractivity contribution in [3.05, 3.63) is 28.8 Å². The normalized spacial score (nSPS) is 20.0. The van der Waals surface area contributed by atoms with Crippen LogP contribution in [0.2, 0.25) is 5.02 Å². The van der Waals surface area contributed by atoms with E-state index >= 15 is 0 Å². The maximum absolute atomic E-state index is 6.02. The van der Waals surface area contributed by atoms with Gasteiger partial charge < -0.3 is 10.5 Å². The first-order valence-corrected chi connectivity index (χ1v) is 5.29. The third-order valence-electron chi connectivity index (χ3n) is 2.60. The molecule has 2 N–H and O–H groups in total. The molecule has 0 fully saturated rings. The van der Waals surface area contributed by atoms with Crippen LogP contribution >= 0.6 is 11.6 Å². The Morgan fingerprint density at radius 1 is 1.50 bits per heavy atom. The van der Waals surface area contributed by atoms with E-state index in [9.17, 15) is 0 Å². The van der Waals surface area contributed by atoms with Gasteiger partial charge in [0.1, 0.15) is 5.75 Å². The smallest absolute Gasteiger partial charge is 0.141 e. The van der Waals surface area contributed by atoms with Crippen LogP contribution in [0.5, 0.6) is 5.75 Å². The van der Waals surface area contributed by atoms with E-state index in [1.807, 2.05) is 12.1 Å². The van der Waals surface area contributed by atoms with Crippen LogP contribution in [0.4, 0.5) is 0 Å². The number of fused-ring (bicyclic) bond motifs is 1. The fourth-order valence-corrected chi connectivity index (χ4v) is 2.12. The fourth-order valence-electron chi connectivity index (χ4n) is 1.87. The standard InChI is InChI=1S/C11H14ClNO/c12-10-3-1-2-9-6-8(4-5-13)7-14-11(9)10/h1-3,8H,4-7,13H2. The summed E-state index contributed by atoms with van der Waals surface area (Å²) in [5, 5.41) is 0.716. The zero-order valence-electron chi connectivity index (χ0n) is 8.00. The number of para-hydroxylation sites is 1. The topological polar surface area (TPSA) is 35.2 Å². The van der Waals surface area contributed by atoms with Crippen LogP contribution in [0.15, 0.2) is 18.2 Å². The summed E-state index contributed by atoms with van der Waals surface area (Å²) in [7, 11) is 0. The maximum Gasteiger partial charge on any atom is 0.141 e. The number of halogens is 1. The van der Waals surface area contributed by atoms with Gasteiger partial charge in [0.2, 0.25) is 0 Å². The van der Waals surface area contributed by atoms with Gasteiger partial charge in [0, 0.05) is 0 Å². The summed E-state index contributed by atoms with van der Waals surface area (Å²) < 4.78 is 5.63. The predicted octanol–water partition coefficient (Wildman–Crippen LogP) is 2.24. The second-order valence-electron chi connectivity index (χ2n) is 3.69. The van der Waals surface area contributed by atoms with Gasteiger partial charge in [-0.3, -0.25) is 0 Å². The number of benzene rings is 1. The lowest BCUT2D eigenvalue weighted by Crippen LogP contribution is -2.23. The van der Waals surface area contributed by atoms with Crippen LogP contribution in [-0.2, 0) is 6.42 Å².